The molecule has 4 atom stereocenters. The van der Waals surface area contributed by atoms with E-state index in [1.165, 1.54) is 13.2 Å². The third-order valence-corrected chi connectivity index (χ3v) is 17.5. The van der Waals surface area contributed by atoms with Gasteiger partial charge in [-0.3, -0.25) is 19.3 Å². The first-order valence-corrected chi connectivity index (χ1v) is 24.0. The Morgan fingerprint density at radius 2 is 1.69 bits per heavy atom. The minimum atomic E-state index is -3.05. The smallest absolute Gasteiger partial charge is 0.507 e. The van der Waals surface area contributed by atoms with Crippen LogP contribution in [0.1, 0.15) is 97.2 Å². The van der Waals surface area contributed by atoms with E-state index in [1.807, 2.05) is 64.2 Å². The van der Waals surface area contributed by atoms with Gasteiger partial charge in [0.05, 0.1) is 31.9 Å². The molecule has 328 valence electrons. The van der Waals surface area contributed by atoms with E-state index in [4.69, 9.17) is 32.6 Å². The molecule has 1 unspecified atom stereocenters. The normalized spacial score (nSPS) is 23.0. The molecule has 14 nitrogen and oxygen atoms in total. The van der Waals surface area contributed by atoms with Gasteiger partial charge in [-0.05, 0) is 80.5 Å². The fraction of sp³-hybridized carbons (Fsp3) is 0.468. The zero-order valence-electron chi connectivity index (χ0n) is 36.7. The molecule has 3 aromatic carbocycles. The van der Waals surface area contributed by atoms with E-state index in [2.05, 4.69) is 10.1 Å². The van der Waals surface area contributed by atoms with Crippen molar-refractivity contribution in [2.75, 3.05) is 33.4 Å². The highest BCUT2D eigenvalue weighted by atomic mass is 28.4. The van der Waals surface area contributed by atoms with Crippen LogP contribution in [0.15, 0.2) is 58.6 Å². The molecule has 4 aliphatic rings. The molecule has 1 saturated heterocycles. The maximum atomic E-state index is 16.2. The summed E-state index contributed by atoms with van der Waals surface area (Å²) >= 11 is 0. The first kappa shape index (κ1) is 43.3. The van der Waals surface area contributed by atoms with Crippen LogP contribution in [0.3, 0.4) is 0 Å². The van der Waals surface area contributed by atoms with Crippen LogP contribution in [0, 0.1) is 11.8 Å². The van der Waals surface area contributed by atoms with Crippen molar-refractivity contribution in [3.63, 3.8) is 0 Å². The van der Waals surface area contributed by atoms with E-state index < -0.39 is 65.9 Å². The molecule has 1 aromatic heterocycles. The Kier molecular flexibility index (Phi) is 11.0. The maximum absolute atomic E-state index is 16.2. The van der Waals surface area contributed by atoms with E-state index in [0.717, 1.165) is 5.56 Å². The minimum absolute atomic E-state index is 0.0225. The topological polar surface area (TPSA) is 173 Å². The van der Waals surface area contributed by atoms with Crippen LogP contribution >= 0.6 is 0 Å². The van der Waals surface area contributed by atoms with Crippen LogP contribution in [0.5, 0.6) is 17.4 Å². The monoisotopic (exact) mass is 866 g/mol. The Morgan fingerprint density at radius 3 is 2.34 bits per heavy atom. The van der Waals surface area contributed by atoms with Gasteiger partial charge >= 0.3 is 6.16 Å². The Labute approximate surface area is 361 Å². The number of hydrogen-bond acceptors (Lipinski definition) is 14. The molecular formula is C47H54N2O12Si. The second-order valence-corrected chi connectivity index (χ2v) is 23.8. The average molecular weight is 867 g/mol. The van der Waals surface area contributed by atoms with Crippen LogP contribution in [0.25, 0.3) is 16.5 Å². The van der Waals surface area contributed by atoms with Gasteiger partial charge in [-0.25, -0.2) is 4.79 Å². The van der Waals surface area contributed by atoms with Gasteiger partial charge in [-0.2, -0.15) is 0 Å². The molecule has 1 saturated carbocycles. The van der Waals surface area contributed by atoms with E-state index in [-0.39, 0.29) is 58.7 Å². The quantitative estimate of drug-likeness (QED) is 0.0557. The van der Waals surface area contributed by atoms with Gasteiger partial charge in [0.2, 0.25) is 11.6 Å². The number of aldehydes is 1. The summed E-state index contributed by atoms with van der Waals surface area (Å²) in [6.45, 7) is 17.0. The summed E-state index contributed by atoms with van der Waals surface area (Å²) in [7, 11) is -1.55. The Balaban J connectivity index is 1.38. The van der Waals surface area contributed by atoms with Crippen molar-refractivity contribution >= 4 is 48.9 Å². The summed E-state index contributed by atoms with van der Waals surface area (Å²) < 4.78 is 43.2. The third-order valence-electron chi connectivity index (χ3n) is 13.0. The molecule has 1 N–H and O–H groups in total. The Bertz CT molecular complexity index is 2490. The largest absolute Gasteiger partial charge is 0.514 e. The number of morpholine rings is 1. The number of ether oxygens (including phenoxy) is 5. The SMILES string of the molecule is COc1c2c(c(OC(=O)OC(C)(C)C)c3cc(C=O)ccc13)C(O)=C1C(=O)C3(O[Si](C)(C)C(C)(C)C)C(=O)c4c(OCc5ccccc5)noc4[C@@H](N4CCOCC4)[C@@H]3C[C@@H]1C2. The molecule has 1 aliphatic heterocycles. The molecule has 62 heavy (non-hydrogen) atoms. The molecule has 8 rings (SSSR count). The van der Waals surface area contributed by atoms with Crippen molar-refractivity contribution in [1.82, 2.24) is 10.1 Å². The van der Waals surface area contributed by atoms with Gasteiger partial charge in [0.25, 0.3) is 5.88 Å². The van der Waals surface area contributed by atoms with Crippen molar-refractivity contribution in [3.8, 4) is 17.4 Å². The lowest BCUT2D eigenvalue weighted by molar-refractivity contribution is -0.143. The van der Waals surface area contributed by atoms with Crippen molar-refractivity contribution in [2.45, 2.75) is 96.4 Å². The lowest BCUT2D eigenvalue weighted by atomic mass is 9.57. The Morgan fingerprint density at radius 1 is 0.984 bits per heavy atom. The molecule has 4 aromatic rings. The first-order chi connectivity index (χ1) is 29.3. The van der Waals surface area contributed by atoms with Gasteiger partial charge < -0.3 is 37.7 Å². The molecule has 2 fully saturated rings. The highest BCUT2D eigenvalue weighted by Gasteiger charge is 2.69. The molecular weight excluding hydrogens is 813 g/mol. The summed E-state index contributed by atoms with van der Waals surface area (Å²) in [5.41, 5.74) is -1.50. The zero-order chi connectivity index (χ0) is 44.5. The molecule has 0 bridgehead atoms. The third kappa shape index (κ3) is 7.21. The van der Waals surface area contributed by atoms with Crippen LogP contribution in [-0.2, 0) is 31.7 Å². The molecule has 15 heteroatoms. The number of aromatic nitrogens is 1. The predicted octanol–water partition coefficient (Wildman–Crippen LogP) is 8.60. The van der Waals surface area contributed by atoms with Crippen LogP contribution in [0.2, 0.25) is 18.1 Å². The second kappa shape index (κ2) is 15.8. The zero-order valence-corrected chi connectivity index (χ0v) is 37.7. The van der Waals surface area contributed by atoms with E-state index in [9.17, 15) is 14.7 Å². The lowest BCUT2D eigenvalue weighted by Crippen LogP contribution is -2.69. The van der Waals surface area contributed by atoms with E-state index in [1.54, 1.807) is 32.9 Å². The summed E-state index contributed by atoms with van der Waals surface area (Å²) in [6, 6.07) is 13.6. The number of aliphatic hydroxyl groups excluding tert-OH is 1. The lowest BCUT2D eigenvalue weighted by Gasteiger charge is -2.55. The summed E-state index contributed by atoms with van der Waals surface area (Å²) in [6.07, 6.45) is -0.0411. The second-order valence-electron chi connectivity index (χ2n) is 19.1. The number of fused-ring (bicyclic) bond motifs is 5. The van der Waals surface area contributed by atoms with Crippen LogP contribution < -0.4 is 14.2 Å². The summed E-state index contributed by atoms with van der Waals surface area (Å²) in [4.78, 5) is 59.8. The number of carbonyl (C=O) groups is 4. The van der Waals surface area contributed by atoms with E-state index >= 15 is 9.59 Å². The number of rotatable bonds is 9. The number of ketones is 2. The summed E-state index contributed by atoms with van der Waals surface area (Å²) in [5, 5.41) is 17.5. The van der Waals surface area contributed by atoms with Gasteiger partial charge in [0.1, 0.15) is 35.6 Å². The van der Waals surface area contributed by atoms with Gasteiger partial charge in [-0.15, -0.1) is 0 Å². The average Bonchev–Trinajstić information content (AvgIpc) is 3.64. The van der Waals surface area contributed by atoms with Gasteiger partial charge in [0.15, 0.2) is 25.4 Å². The van der Waals surface area contributed by atoms with Crippen LogP contribution in [0.4, 0.5) is 4.79 Å². The highest BCUT2D eigenvalue weighted by molar-refractivity contribution is 6.74. The Hall–Kier alpha value is -5.35. The fourth-order valence-corrected chi connectivity index (χ4v) is 10.7. The molecule has 0 amide bonds. The van der Waals surface area contributed by atoms with Crippen molar-refractivity contribution < 1.29 is 56.9 Å². The molecule has 3 aliphatic carbocycles. The minimum Gasteiger partial charge on any atom is -0.507 e. The number of nitrogens with zero attached hydrogens (tertiary/aromatic N) is 2. The number of carbonyl (C=O) groups excluding carboxylic acids is 4. The number of Topliss-reactive ketones (excluding diaryl/α,β-unsaturated/α-hetero) is 2. The van der Waals surface area contributed by atoms with Gasteiger partial charge in [0, 0.05) is 46.5 Å². The van der Waals surface area contributed by atoms with Crippen molar-refractivity contribution in [1.29, 1.82) is 0 Å². The van der Waals surface area contributed by atoms with E-state index in [0.29, 0.717) is 55.0 Å². The van der Waals surface area contributed by atoms with Crippen molar-refractivity contribution in [3.05, 3.63) is 87.7 Å². The summed E-state index contributed by atoms with van der Waals surface area (Å²) in [5.74, 6) is -2.80. The molecule has 0 radical (unpaired) electrons. The predicted molar refractivity (Wildman–Crippen MR) is 230 cm³/mol. The maximum Gasteiger partial charge on any atom is 0.514 e. The van der Waals surface area contributed by atoms with Crippen molar-refractivity contribution in [2.24, 2.45) is 11.8 Å². The first-order valence-electron chi connectivity index (χ1n) is 21.0. The van der Waals surface area contributed by atoms with Crippen LogP contribution in [-0.4, -0.2) is 92.1 Å². The standard InChI is InChI=1S/C47H54N2O12Si/c1-45(2,3)59-44(54)58-39-30-21-27(24-50)15-16-29(30)38(55-7)31-22-28-23-32-36(49-17-19-56-20-18-49)40-35(43(48-60-40)57-25-26-13-11-10-12-14-26)42(53)47(32,61-62(8,9)46(4,5)6)41(52)33(28)37(51)34(31)39/h10-16,21,24,28,32,36,51H,17-20,22-23,25H2,1-9H3/t28-,32-,36-,47?/m0/s1. The number of methoxy groups -OCH3 is 1. The number of hydrogen-bond donors (Lipinski definition) is 1. The van der Waals surface area contributed by atoms with Gasteiger partial charge in [-0.1, -0.05) is 57.2 Å². The number of aliphatic hydroxyl groups is 1. The fourth-order valence-electron chi connectivity index (χ4n) is 9.23. The highest BCUT2D eigenvalue weighted by Crippen LogP contribution is 2.60. The number of benzene rings is 3. The molecule has 2 heterocycles. The molecule has 0 spiro atoms.